The molecule has 0 unspecified atom stereocenters. The second kappa shape index (κ2) is 4.18. The Kier molecular flexibility index (Phi) is 2.84. The van der Waals surface area contributed by atoms with Crippen molar-refractivity contribution in [2.45, 2.75) is 57.0 Å². The molecule has 1 aliphatic carbocycles. The van der Waals surface area contributed by atoms with Crippen molar-refractivity contribution < 1.29 is 19.4 Å². The predicted molar refractivity (Wildman–Crippen MR) is 69.4 cm³/mol. The van der Waals surface area contributed by atoms with E-state index in [-0.39, 0.29) is 29.7 Å². The molecule has 0 aromatic heterocycles. The van der Waals surface area contributed by atoms with Crippen LogP contribution in [0.2, 0.25) is 0 Å². The van der Waals surface area contributed by atoms with Gasteiger partial charge in [-0.25, -0.2) is 4.79 Å². The monoisotopic (exact) mass is 264 g/mol. The van der Waals surface area contributed by atoms with Crippen LogP contribution in [0.15, 0.2) is 23.8 Å². The molecular formula is C15H20O4. The van der Waals surface area contributed by atoms with E-state index in [1.54, 1.807) is 0 Å². The molecule has 2 heterocycles. The predicted octanol–water partition coefficient (Wildman–Crippen LogP) is 1.73. The standard InChI is InChI=1S/C15H20O4/c1-8-5-4-6-15(3)13(19-15)12(16)11-9(2)14(17)18-10(11)7-8/h5,10-13,16H,2,4,6-7H2,1,3H3/b8-5+/t10-,11+,12+,13-,15-/m1/s1. The molecule has 0 bridgehead atoms. The fraction of sp³-hybridized carbons (Fsp3) is 0.667. The molecule has 3 rings (SSSR count). The lowest BCUT2D eigenvalue weighted by atomic mass is 9.82. The van der Waals surface area contributed by atoms with Gasteiger partial charge in [0.2, 0.25) is 0 Å². The Hall–Kier alpha value is -1.13. The average molecular weight is 264 g/mol. The topological polar surface area (TPSA) is 59.1 Å². The molecule has 0 radical (unpaired) electrons. The third kappa shape index (κ3) is 2.03. The molecule has 2 fully saturated rings. The SMILES string of the molecule is C=C1C(=O)O[C@@H]2C/C(C)=C/CC[C@@]3(C)O[C@@H]3[C@@H](O)[C@@H]12. The molecule has 0 spiro atoms. The Labute approximate surface area is 113 Å². The Bertz CT molecular complexity index is 467. The van der Waals surface area contributed by atoms with E-state index in [2.05, 4.69) is 12.7 Å². The fourth-order valence-corrected chi connectivity index (χ4v) is 3.32. The summed E-state index contributed by atoms with van der Waals surface area (Å²) in [7, 11) is 0. The molecule has 0 saturated carbocycles. The smallest absolute Gasteiger partial charge is 0.334 e. The van der Waals surface area contributed by atoms with E-state index < -0.39 is 6.10 Å². The van der Waals surface area contributed by atoms with E-state index >= 15 is 0 Å². The molecule has 0 amide bonds. The number of esters is 1. The zero-order valence-electron chi connectivity index (χ0n) is 11.4. The van der Waals surface area contributed by atoms with Crippen LogP contribution in [0.1, 0.15) is 33.1 Å². The zero-order valence-corrected chi connectivity index (χ0v) is 11.4. The molecule has 4 heteroatoms. The summed E-state index contributed by atoms with van der Waals surface area (Å²) in [6, 6.07) is 0. The quantitative estimate of drug-likeness (QED) is 0.313. The molecule has 0 aromatic rings. The summed E-state index contributed by atoms with van der Waals surface area (Å²) in [4.78, 5) is 11.7. The van der Waals surface area contributed by atoms with Crippen LogP contribution in [0.5, 0.6) is 0 Å². The van der Waals surface area contributed by atoms with Crippen molar-refractivity contribution in [2.24, 2.45) is 5.92 Å². The van der Waals surface area contributed by atoms with E-state index in [9.17, 15) is 9.90 Å². The van der Waals surface area contributed by atoms with Crippen molar-refractivity contribution in [1.29, 1.82) is 0 Å². The zero-order chi connectivity index (χ0) is 13.8. The van der Waals surface area contributed by atoms with Gasteiger partial charge in [0.15, 0.2) is 0 Å². The number of rotatable bonds is 0. The lowest BCUT2D eigenvalue weighted by Gasteiger charge is -2.24. The molecule has 2 aliphatic heterocycles. The number of epoxide rings is 1. The second-order valence-electron chi connectivity index (χ2n) is 6.13. The van der Waals surface area contributed by atoms with E-state index in [1.807, 2.05) is 13.8 Å². The highest BCUT2D eigenvalue weighted by Crippen LogP contribution is 2.48. The van der Waals surface area contributed by atoms with E-state index in [0.717, 1.165) is 12.8 Å². The van der Waals surface area contributed by atoms with Gasteiger partial charge in [0.05, 0.1) is 17.6 Å². The Morgan fingerprint density at radius 1 is 1.53 bits per heavy atom. The highest BCUT2D eigenvalue weighted by molar-refractivity contribution is 5.91. The third-order valence-electron chi connectivity index (χ3n) is 4.60. The van der Waals surface area contributed by atoms with Crippen LogP contribution in [-0.2, 0) is 14.3 Å². The Morgan fingerprint density at radius 3 is 3.00 bits per heavy atom. The van der Waals surface area contributed by atoms with Gasteiger partial charge in [-0.2, -0.15) is 0 Å². The summed E-state index contributed by atoms with van der Waals surface area (Å²) in [6.45, 7) is 7.84. The summed E-state index contributed by atoms with van der Waals surface area (Å²) in [5, 5.41) is 10.5. The van der Waals surface area contributed by atoms with Crippen LogP contribution in [0, 0.1) is 5.92 Å². The molecule has 3 aliphatic rings. The lowest BCUT2D eigenvalue weighted by molar-refractivity contribution is -0.139. The first kappa shape index (κ1) is 12.9. The number of hydrogen-bond acceptors (Lipinski definition) is 4. The highest BCUT2D eigenvalue weighted by Gasteiger charge is 2.60. The first-order valence-corrected chi connectivity index (χ1v) is 6.84. The Morgan fingerprint density at radius 2 is 2.26 bits per heavy atom. The summed E-state index contributed by atoms with van der Waals surface area (Å²) < 4.78 is 11.0. The van der Waals surface area contributed by atoms with Crippen LogP contribution in [0.25, 0.3) is 0 Å². The van der Waals surface area contributed by atoms with Crippen LogP contribution in [-0.4, -0.2) is 35.0 Å². The van der Waals surface area contributed by atoms with E-state index in [4.69, 9.17) is 9.47 Å². The number of carbonyl (C=O) groups excluding carboxylic acids is 1. The summed E-state index contributed by atoms with van der Waals surface area (Å²) in [6.07, 6.45) is 3.43. The number of carbonyl (C=O) groups is 1. The number of ether oxygens (including phenoxy) is 2. The molecule has 1 N–H and O–H groups in total. The molecule has 4 nitrogen and oxygen atoms in total. The second-order valence-corrected chi connectivity index (χ2v) is 6.13. The van der Waals surface area contributed by atoms with Gasteiger partial charge < -0.3 is 14.6 Å². The minimum Gasteiger partial charge on any atom is -0.458 e. The van der Waals surface area contributed by atoms with E-state index in [0.29, 0.717) is 12.0 Å². The van der Waals surface area contributed by atoms with Crippen molar-refractivity contribution >= 4 is 5.97 Å². The van der Waals surface area contributed by atoms with Crippen molar-refractivity contribution in [3.05, 3.63) is 23.8 Å². The first-order chi connectivity index (χ1) is 8.92. The third-order valence-corrected chi connectivity index (χ3v) is 4.60. The fourth-order valence-electron chi connectivity index (χ4n) is 3.32. The largest absolute Gasteiger partial charge is 0.458 e. The number of hydrogen-bond donors (Lipinski definition) is 1. The van der Waals surface area contributed by atoms with Gasteiger partial charge in [-0.3, -0.25) is 0 Å². The van der Waals surface area contributed by atoms with Gasteiger partial charge in [0.25, 0.3) is 0 Å². The summed E-state index contributed by atoms with van der Waals surface area (Å²) >= 11 is 0. The van der Waals surface area contributed by atoms with Crippen molar-refractivity contribution in [2.75, 3.05) is 0 Å². The molecule has 104 valence electrons. The molecule has 2 saturated heterocycles. The minimum atomic E-state index is -0.708. The normalized spacial score (nSPS) is 48.7. The maximum Gasteiger partial charge on any atom is 0.334 e. The molecule has 0 aromatic carbocycles. The van der Waals surface area contributed by atoms with Gasteiger partial charge in [-0.05, 0) is 26.7 Å². The van der Waals surface area contributed by atoms with Crippen LogP contribution in [0.4, 0.5) is 0 Å². The number of fused-ring (bicyclic) bond motifs is 2. The van der Waals surface area contributed by atoms with Gasteiger partial charge in [-0.1, -0.05) is 18.2 Å². The number of aliphatic hydroxyl groups is 1. The van der Waals surface area contributed by atoms with Crippen molar-refractivity contribution in [1.82, 2.24) is 0 Å². The lowest BCUT2D eigenvalue weighted by Crippen LogP contribution is -2.36. The number of aliphatic hydroxyl groups excluding tert-OH is 1. The molecule has 19 heavy (non-hydrogen) atoms. The van der Waals surface area contributed by atoms with Crippen LogP contribution >= 0.6 is 0 Å². The average Bonchev–Trinajstić information content (AvgIpc) is 2.92. The molecular weight excluding hydrogens is 244 g/mol. The summed E-state index contributed by atoms with van der Waals surface area (Å²) in [5.41, 5.74) is 1.29. The van der Waals surface area contributed by atoms with Crippen LogP contribution in [0.3, 0.4) is 0 Å². The van der Waals surface area contributed by atoms with Gasteiger partial charge in [-0.15, -0.1) is 0 Å². The van der Waals surface area contributed by atoms with Crippen molar-refractivity contribution in [3.63, 3.8) is 0 Å². The van der Waals surface area contributed by atoms with E-state index in [1.165, 1.54) is 5.57 Å². The Balaban J connectivity index is 1.92. The highest BCUT2D eigenvalue weighted by atomic mass is 16.6. The maximum absolute atomic E-state index is 11.7. The minimum absolute atomic E-state index is 0.210. The maximum atomic E-state index is 11.7. The number of allylic oxidation sites excluding steroid dienone is 1. The van der Waals surface area contributed by atoms with Gasteiger partial charge in [0.1, 0.15) is 12.2 Å². The first-order valence-electron chi connectivity index (χ1n) is 6.84. The summed E-state index contributed by atoms with van der Waals surface area (Å²) in [5.74, 6) is -0.732. The van der Waals surface area contributed by atoms with Gasteiger partial charge >= 0.3 is 5.97 Å². The molecule has 5 atom stereocenters. The van der Waals surface area contributed by atoms with Crippen LogP contribution < -0.4 is 0 Å². The van der Waals surface area contributed by atoms with Crippen molar-refractivity contribution in [3.8, 4) is 0 Å². The van der Waals surface area contributed by atoms with Gasteiger partial charge in [0, 0.05) is 12.0 Å².